The van der Waals surface area contributed by atoms with Crippen molar-refractivity contribution in [3.63, 3.8) is 0 Å². The third-order valence-electron chi connectivity index (χ3n) is 3.70. The number of hydrogen-bond donors (Lipinski definition) is 1. The van der Waals surface area contributed by atoms with Gasteiger partial charge < -0.3 is 19.9 Å². The van der Waals surface area contributed by atoms with Gasteiger partial charge in [-0.25, -0.2) is 4.79 Å². The van der Waals surface area contributed by atoms with E-state index in [0.29, 0.717) is 32.7 Å². The van der Waals surface area contributed by atoms with Crippen LogP contribution in [0.1, 0.15) is 39.5 Å². The summed E-state index contributed by atoms with van der Waals surface area (Å²) < 4.78 is 16.5. The van der Waals surface area contributed by atoms with Crippen molar-refractivity contribution in [1.29, 1.82) is 0 Å². The molecule has 0 atom stereocenters. The quantitative estimate of drug-likeness (QED) is 0.628. The highest BCUT2D eigenvalue weighted by Crippen LogP contribution is 2.38. The zero-order valence-electron chi connectivity index (χ0n) is 12.8. The zero-order chi connectivity index (χ0) is 15.3. The van der Waals surface area contributed by atoms with Crippen LogP contribution >= 0.6 is 0 Å². The van der Waals surface area contributed by atoms with Crippen LogP contribution in [0, 0.1) is 0 Å². The Labute approximate surface area is 125 Å². The van der Waals surface area contributed by atoms with E-state index in [1.165, 1.54) is 0 Å². The molecule has 1 heterocycles. The van der Waals surface area contributed by atoms with E-state index in [1.807, 2.05) is 0 Å². The Morgan fingerprint density at radius 3 is 2.71 bits per heavy atom. The summed E-state index contributed by atoms with van der Waals surface area (Å²) >= 11 is 0. The molecule has 1 aliphatic carbocycles. The fourth-order valence-electron chi connectivity index (χ4n) is 2.67. The smallest absolute Gasteiger partial charge is 0.354 e. The fraction of sp³-hybridized carbons (Fsp3) is 0.733. The van der Waals surface area contributed by atoms with Crippen molar-refractivity contribution < 1.29 is 19.0 Å². The van der Waals surface area contributed by atoms with Crippen molar-refractivity contribution in [3.05, 3.63) is 11.3 Å². The van der Waals surface area contributed by atoms with Gasteiger partial charge in [0.1, 0.15) is 5.70 Å². The molecule has 2 rings (SSSR count). The van der Waals surface area contributed by atoms with E-state index in [4.69, 9.17) is 19.9 Å². The summed E-state index contributed by atoms with van der Waals surface area (Å²) in [4.78, 5) is 16.5. The molecule has 1 saturated heterocycles. The normalized spacial score (nSPS) is 25.3. The Balaban J connectivity index is 2.28. The largest absolute Gasteiger partial charge is 0.461 e. The van der Waals surface area contributed by atoms with E-state index in [0.717, 1.165) is 30.7 Å². The first-order chi connectivity index (χ1) is 10.1. The van der Waals surface area contributed by atoms with Gasteiger partial charge in [-0.3, -0.25) is 4.99 Å². The summed E-state index contributed by atoms with van der Waals surface area (Å²) in [7, 11) is 0. The molecule has 0 aromatic carbocycles. The minimum Gasteiger partial charge on any atom is -0.461 e. The molecule has 2 fully saturated rings. The monoisotopic (exact) mass is 296 g/mol. The molecule has 118 valence electrons. The average Bonchev–Trinajstić information content (AvgIpc) is 2.93. The summed E-state index contributed by atoms with van der Waals surface area (Å²) in [5.41, 5.74) is 7.73. The second-order valence-electron chi connectivity index (χ2n) is 5.23. The number of ether oxygens (including phenoxy) is 3. The number of carbonyl (C=O) groups is 1. The second-order valence-corrected chi connectivity index (χ2v) is 5.23. The van der Waals surface area contributed by atoms with Crippen molar-refractivity contribution in [2.75, 3.05) is 26.4 Å². The summed E-state index contributed by atoms with van der Waals surface area (Å²) in [6, 6.07) is 0. The number of hydrogen-bond acceptors (Lipinski definition) is 6. The minimum atomic E-state index is -0.641. The number of nitrogens with zero attached hydrogens (tertiary/aromatic N) is 1. The first-order valence-corrected chi connectivity index (χ1v) is 7.59. The molecule has 1 spiro atoms. The van der Waals surface area contributed by atoms with Gasteiger partial charge in [-0.15, -0.1) is 0 Å². The van der Waals surface area contributed by atoms with Gasteiger partial charge in [-0.1, -0.05) is 6.92 Å². The highest BCUT2D eigenvalue weighted by Gasteiger charge is 2.42. The van der Waals surface area contributed by atoms with Gasteiger partial charge in [0.25, 0.3) is 0 Å². The lowest BCUT2D eigenvalue weighted by Crippen LogP contribution is -2.38. The minimum absolute atomic E-state index is 0.130. The molecule has 0 amide bonds. The van der Waals surface area contributed by atoms with Crippen molar-refractivity contribution >= 4 is 11.7 Å². The first kappa shape index (κ1) is 16.0. The molecule has 6 heteroatoms. The molecule has 0 aromatic heterocycles. The number of rotatable bonds is 4. The van der Waals surface area contributed by atoms with Crippen LogP contribution in [-0.4, -0.2) is 43.8 Å². The Bertz CT molecular complexity index is 451. The molecule has 2 aliphatic rings. The molecule has 0 unspecified atom stereocenters. The molecule has 0 aromatic rings. The van der Waals surface area contributed by atoms with Gasteiger partial charge in [-0.2, -0.15) is 0 Å². The third-order valence-corrected chi connectivity index (χ3v) is 3.70. The van der Waals surface area contributed by atoms with Crippen molar-refractivity contribution in [2.45, 2.75) is 45.3 Å². The maximum Gasteiger partial charge on any atom is 0.354 e. The lowest BCUT2D eigenvalue weighted by atomic mass is 9.86. The molecule has 0 radical (unpaired) electrons. The first-order valence-electron chi connectivity index (χ1n) is 7.59. The predicted octanol–water partition coefficient (Wildman–Crippen LogP) is 1.54. The zero-order valence-corrected chi connectivity index (χ0v) is 12.8. The van der Waals surface area contributed by atoms with Crippen LogP contribution in [0.2, 0.25) is 0 Å². The molecule has 6 nitrogen and oxygen atoms in total. The topological polar surface area (TPSA) is 83.1 Å². The van der Waals surface area contributed by atoms with Gasteiger partial charge in [-0.05, 0) is 19.8 Å². The number of aliphatic imine (C=N–C) groups is 1. The van der Waals surface area contributed by atoms with Crippen molar-refractivity contribution in [1.82, 2.24) is 0 Å². The SMILES string of the molecule is CCCN=C1CCC2(C/C1=C(/N)C(=O)OCC)OCCO2. The van der Waals surface area contributed by atoms with E-state index in [-0.39, 0.29) is 5.70 Å². The summed E-state index contributed by atoms with van der Waals surface area (Å²) in [5.74, 6) is -1.13. The number of carbonyl (C=O) groups excluding carboxylic acids is 1. The molecule has 1 aliphatic heterocycles. The Kier molecular flexibility index (Phi) is 5.36. The van der Waals surface area contributed by atoms with E-state index in [1.54, 1.807) is 6.92 Å². The van der Waals surface area contributed by atoms with Crippen LogP contribution in [-0.2, 0) is 19.0 Å². The van der Waals surface area contributed by atoms with Crippen LogP contribution in [0.4, 0.5) is 0 Å². The van der Waals surface area contributed by atoms with Crippen LogP contribution in [0.3, 0.4) is 0 Å². The Hall–Kier alpha value is -1.40. The van der Waals surface area contributed by atoms with Crippen LogP contribution < -0.4 is 5.73 Å². The molecular weight excluding hydrogens is 272 g/mol. The van der Waals surface area contributed by atoms with Gasteiger partial charge in [0, 0.05) is 30.7 Å². The van der Waals surface area contributed by atoms with Gasteiger partial charge in [0.15, 0.2) is 5.79 Å². The fourth-order valence-corrected chi connectivity index (χ4v) is 2.67. The molecule has 21 heavy (non-hydrogen) atoms. The molecule has 2 N–H and O–H groups in total. The summed E-state index contributed by atoms with van der Waals surface area (Å²) in [6.07, 6.45) is 2.86. The molecular formula is C15H24N2O4. The number of nitrogens with two attached hydrogens (primary N) is 1. The van der Waals surface area contributed by atoms with Gasteiger partial charge in [0.05, 0.1) is 19.8 Å². The maximum absolute atomic E-state index is 11.9. The van der Waals surface area contributed by atoms with E-state index < -0.39 is 11.8 Å². The summed E-state index contributed by atoms with van der Waals surface area (Å²) in [5, 5.41) is 0. The average molecular weight is 296 g/mol. The van der Waals surface area contributed by atoms with Crippen molar-refractivity contribution in [2.24, 2.45) is 10.7 Å². The Morgan fingerprint density at radius 2 is 2.10 bits per heavy atom. The standard InChI is InChI=1S/C15H24N2O4/c1-3-7-17-12-5-6-15(20-8-9-21-15)10-11(12)13(16)14(18)19-4-2/h3-10,16H2,1-2H3/b13-11-,17-12?. The Morgan fingerprint density at radius 1 is 1.38 bits per heavy atom. The van der Waals surface area contributed by atoms with E-state index in [9.17, 15) is 4.79 Å². The van der Waals surface area contributed by atoms with Gasteiger partial charge >= 0.3 is 5.97 Å². The van der Waals surface area contributed by atoms with E-state index >= 15 is 0 Å². The van der Waals surface area contributed by atoms with Gasteiger partial charge in [0.2, 0.25) is 0 Å². The maximum atomic E-state index is 11.9. The summed E-state index contributed by atoms with van der Waals surface area (Å²) in [6.45, 7) is 6.00. The third kappa shape index (κ3) is 3.63. The lowest BCUT2D eigenvalue weighted by Gasteiger charge is -2.34. The molecule has 0 bridgehead atoms. The second kappa shape index (κ2) is 7.04. The van der Waals surface area contributed by atoms with Crippen LogP contribution in [0.15, 0.2) is 16.3 Å². The lowest BCUT2D eigenvalue weighted by molar-refractivity contribution is -0.161. The molecule has 1 saturated carbocycles. The number of esters is 1. The van der Waals surface area contributed by atoms with E-state index in [2.05, 4.69) is 11.9 Å². The highest BCUT2D eigenvalue weighted by molar-refractivity contribution is 6.07. The highest BCUT2D eigenvalue weighted by atomic mass is 16.7. The van der Waals surface area contributed by atoms with Crippen LogP contribution in [0.5, 0.6) is 0 Å². The predicted molar refractivity (Wildman–Crippen MR) is 78.9 cm³/mol. The van der Waals surface area contributed by atoms with Crippen molar-refractivity contribution in [3.8, 4) is 0 Å². The van der Waals surface area contributed by atoms with Crippen LogP contribution in [0.25, 0.3) is 0 Å².